The Kier molecular flexibility index (Phi) is 7.87. The molecule has 2 rings (SSSR count). The Morgan fingerprint density at radius 1 is 1.00 bits per heavy atom. The van der Waals surface area contributed by atoms with Crippen molar-refractivity contribution in [2.45, 2.75) is 82.7 Å². The lowest BCUT2D eigenvalue weighted by Crippen LogP contribution is -2.52. The van der Waals surface area contributed by atoms with Gasteiger partial charge in [0.05, 0.1) is 6.07 Å². The van der Waals surface area contributed by atoms with Crippen molar-refractivity contribution < 1.29 is 9.59 Å². The summed E-state index contributed by atoms with van der Waals surface area (Å²) in [5.74, 6) is 0.229. The molecule has 0 aromatic heterocycles. The van der Waals surface area contributed by atoms with Gasteiger partial charge in [0, 0.05) is 6.04 Å². The fourth-order valence-electron chi connectivity index (χ4n) is 3.87. The van der Waals surface area contributed by atoms with Crippen LogP contribution in [0, 0.1) is 17.2 Å². The third kappa shape index (κ3) is 6.38. The van der Waals surface area contributed by atoms with E-state index in [0.29, 0.717) is 12.3 Å². The van der Waals surface area contributed by atoms with Gasteiger partial charge in [0.25, 0.3) is 0 Å². The Labute approximate surface area is 144 Å². The molecule has 24 heavy (non-hydrogen) atoms. The summed E-state index contributed by atoms with van der Waals surface area (Å²) in [7, 11) is 0. The van der Waals surface area contributed by atoms with Crippen LogP contribution >= 0.6 is 0 Å². The number of hydrogen-bond acceptors (Lipinski definition) is 3. The largest absolute Gasteiger partial charge is 0.341 e. The van der Waals surface area contributed by atoms with Crippen molar-refractivity contribution in [3.63, 3.8) is 0 Å². The average Bonchev–Trinajstić information content (AvgIpc) is 2.61. The van der Waals surface area contributed by atoms with Crippen LogP contribution in [0.1, 0.15) is 70.6 Å². The Morgan fingerprint density at radius 2 is 1.62 bits per heavy atom. The Hall–Kier alpha value is -1.77. The molecule has 0 radical (unpaired) electrons. The van der Waals surface area contributed by atoms with Crippen LogP contribution in [-0.4, -0.2) is 30.6 Å². The van der Waals surface area contributed by atoms with Gasteiger partial charge in [-0.15, -0.1) is 0 Å². The van der Waals surface area contributed by atoms with Crippen LogP contribution in [0.3, 0.4) is 0 Å². The molecule has 3 amide bonds. The molecular weight excluding hydrogens is 304 g/mol. The zero-order valence-corrected chi connectivity index (χ0v) is 14.5. The Morgan fingerprint density at radius 3 is 2.25 bits per heavy atom. The van der Waals surface area contributed by atoms with Crippen LogP contribution in [0.25, 0.3) is 0 Å². The van der Waals surface area contributed by atoms with Crippen LogP contribution in [0.15, 0.2) is 0 Å². The maximum absolute atomic E-state index is 12.3. The van der Waals surface area contributed by atoms with Crippen molar-refractivity contribution >= 4 is 11.9 Å². The van der Waals surface area contributed by atoms with E-state index < -0.39 is 6.04 Å². The molecule has 3 N–H and O–H groups in total. The normalized spacial score (nSPS) is 20.6. The molecule has 0 spiro atoms. The van der Waals surface area contributed by atoms with Gasteiger partial charge in [-0.3, -0.25) is 4.79 Å². The highest BCUT2D eigenvalue weighted by molar-refractivity contribution is 5.87. The number of urea groups is 1. The number of carbonyl (C=O) groups is 2. The first-order valence-corrected chi connectivity index (χ1v) is 9.40. The molecule has 0 aliphatic heterocycles. The highest BCUT2D eigenvalue weighted by atomic mass is 16.2. The highest BCUT2D eigenvalue weighted by Gasteiger charge is 2.26. The second kappa shape index (κ2) is 10.2. The van der Waals surface area contributed by atoms with Crippen LogP contribution in [0.4, 0.5) is 4.79 Å². The Bertz CT molecular complexity index is 448. The predicted octanol–water partition coefficient (Wildman–Crippen LogP) is 2.60. The number of nitrogens with zero attached hydrogens (tertiary/aromatic N) is 1. The molecular formula is C18H30N4O2. The van der Waals surface area contributed by atoms with E-state index in [2.05, 4.69) is 16.0 Å². The van der Waals surface area contributed by atoms with Gasteiger partial charge >= 0.3 is 6.03 Å². The summed E-state index contributed by atoms with van der Waals surface area (Å²) in [5, 5.41) is 17.1. The summed E-state index contributed by atoms with van der Waals surface area (Å²) in [4.78, 5) is 24.6. The minimum atomic E-state index is -0.551. The summed E-state index contributed by atoms with van der Waals surface area (Å²) < 4.78 is 0. The maximum atomic E-state index is 12.3. The summed E-state index contributed by atoms with van der Waals surface area (Å²) in [6.07, 6.45) is 12.1. The van der Waals surface area contributed by atoms with Crippen LogP contribution in [-0.2, 0) is 4.79 Å². The van der Waals surface area contributed by atoms with Gasteiger partial charge in [0.1, 0.15) is 12.6 Å². The quantitative estimate of drug-likeness (QED) is 0.652. The molecule has 0 saturated heterocycles. The molecule has 0 aromatic rings. The van der Waals surface area contributed by atoms with Crippen molar-refractivity contribution in [1.82, 2.24) is 16.0 Å². The fraction of sp³-hybridized carbons (Fsp3) is 0.833. The molecule has 6 heteroatoms. The fourth-order valence-corrected chi connectivity index (χ4v) is 3.87. The van der Waals surface area contributed by atoms with Crippen LogP contribution in [0.2, 0.25) is 0 Å². The van der Waals surface area contributed by atoms with Crippen molar-refractivity contribution in [2.24, 2.45) is 5.92 Å². The molecule has 2 saturated carbocycles. The van der Waals surface area contributed by atoms with Gasteiger partial charge in [-0.2, -0.15) is 5.26 Å². The number of amides is 3. The second-order valence-corrected chi connectivity index (χ2v) is 7.12. The summed E-state index contributed by atoms with van der Waals surface area (Å²) in [5.41, 5.74) is 0. The van der Waals surface area contributed by atoms with Gasteiger partial charge in [0.2, 0.25) is 5.91 Å². The predicted molar refractivity (Wildman–Crippen MR) is 92.1 cm³/mol. The second-order valence-electron chi connectivity index (χ2n) is 7.12. The number of hydrogen-bond donors (Lipinski definition) is 3. The van der Waals surface area contributed by atoms with Crippen molar-refractivity contribution in [2.75, 3.05) is 6.54 Å². The third-order valence-electron chi connectivity index (χ3n) is 5.20. The number of carbonyl (C=O) groups excluding carboxylic acids is 2. The smallest absolute Gasteiger partial charge is 0.315 e. The van der Waals surface area contributed by atoms with Crippen molar-refractivity contribution in [1.29, 1.82) is 5.26 Å². The molecule has 0 heterocycles. The van der Waals surface area contributed by atoms with E-state index >= 15 is 0 Å². The Balaban J connectivity index is 1.86. The monoisotopic (exact) mass is 334 g/mol. The first kappa shape index (κ1) is 18.6. The number of rotatable bonds is 6. The van der Waals surface area contributed by atoms with E-state index in [0.717, 1.165) is 38.5 Å². The molecule has 0 bridgehead atoms. The third-order valence-corrected chi connectivity index (χ3v) is 5.20. The van der Waals surface area contributed by atoms with Gasteiger partial charge in [-0.1, -0.05) is 51.4 Å². The SMILES string of the molecule is N#CCNC(=O)[C@H](CC1CCCCC1)NC(=O)NC1CCCCC1. The molecule has 0 unspecified atom stereocenters. The topological polar surface area (TPSA) is 94.0 Å². The van der Waals surface area contributed by atoms with E-state index in [9.17, 15) is 9.59 Å². The first-order valence-electron chi connectivity index (χ1n) is 9.40. The van der Waals surface area contributed by atoms with Crippen LogP contribution in [0.5, 0.6) is 0 Å². The number of nitrogens with one attached hydrogen (secondary N) is 3. The highest BCUT2D eigenvalue weighted by Crippen LogP contribution is 2.27. The van der Waals surface area contributed by atoms with E-state index in [4.69, 9.17) is 5.26 Å². The maximum Gasteiger partial charge on any atom is 0.315 e. The lowest BCUT2D eigenvalue weighted by Gasteiger charge is -2.28. The van der Waals surface area contributed by atoms with E-state index in [1.165, 1.54) is 25.7 Å². The molecule has 134 valence electrons. The summed E-state index contributed by atoms with van der Waals surface area (Å²) in [6.45, 7) is -0.0219. The zero-order valence-electron chi connectivity index (χ0n) is 14.5. The molecule has 2 aliphatic rings. The lowest BCUT2D eigenvalue weighted by molar-refractivity contribution is -0.123. The van der Waals surface area contributed by atoms with E-state index in [-0.39, 0.29) is 24.5 Å². The van der Waals surface area contributed by atoms with Gasteiger partial charge in [-0.25, -0.2) is 4.79 Å². The molecule has 1 atom stereocenters. The minimum absolute atomic E-state index is 0.0219. The zero-order chi connectivity index (χ0) is 17.2. The minimum Gasteiger partial charge on any atom is -0.341 e. The van der Waals surface area contributed by atoms with Gasteiger partial charge in [-0.05, 0) is 25.2 Å². The van der Waals surface area contributed by atoms with Crippen molar-refractivity contribution in [3.05, 3.63) is 0 Å². The molecule has 6 nitrogen and oxygen atoms in total. The lowest BCUT2D eigenvalue weighted by atomic mass is 9.84. The van der Waals surface area contributed by atoms with E-state index in [1.807, 2.05) is 6.07 Å². The summed E-state index contributed by atoms with van der Waals surface area (Å²) >= 11 is 0. The average molecular weight is 334 g/mol. The van der Waals surface area contributed by atoms with Gasteiger partial charge < -0.3 is 16.0 Å². The first-order chi connectivity index (χ1) is 11.7. The standard InChI is InChI=1S/C18H30N4O2/c19-11-12-20-17(23)16(13-14-7-3-1-4-8-14)22-18(24)21-15-9-5-2-6-10-15/h14-16H,1-10,12-13H2,(H,20,23)(H2,21,22,24)/t16-/m0/s1. The molecule has 2 fully saturated rings. The molecule has 2 aliphatic carbocycles. The summed E-state index contributed by atoms with van der Waals surface area (Å²) in [6, 6.07) is 1.33. The van der Waals surface area contributed by atoms with Crippen LogP contribution < -0.4 is 16.0 Å². The van der Waals surface area contributed by atoms with Gasteiger partial charge in [0.15, 0.2) is 0 Å². The van der Waals surface area contributed by atoms with Crippen molar-refractivity contribution in [3.8, 4) is 6.07 Å². The number of nitriles is 1. The molecule has 0 aromatic carbocycles. The van der Waals surface area contributed by atoms with E-state index in [1.54, 1.807) is 0 Å².